The molecule has 6 heteroatoms. The van der Waals surface area contributed by atoms with E-state index < -0.39 is 0 Å². The van der Waals surface area contributed by atoms with E-state index >= 15 is 0 Å². The van der Waals surface area contributed by atoms with Gasteiger partial charge < -0.3 is 15.0 Å². The highest BCUT2D eigenvalue weighted by molar-refractivity contribution is 6.29. The molecule has 0 spiro atoms. The second-order valence-corrected chi connectivity index (χ2v) is 5.95. The number of rotatable bonds is 6. The van der Waals surface area contributed by atoms with Crippen molar-refractivity contribution >= 4 is 28.3 Å². The average molecular weight is 331 g/mol. The number of nitrogens with one attached hydrogen (secondary N) is 2. The van der Waals surface area contributed by atoms with Gasteiger partial charge in [-0.15, -0.1) is 0 Å². The largest absolute Gasteiger partial charge is 0.461 e. The van der Waals surface area contributed by atoms with Crippen LogP contribution in [0.4, 0.5) is 5.82 Å². The molecule has 0 amide bonds. The first kappa shape index (κ1) is 15.6. The molecule has 3 rings (SSSR count). The maximum absolute atomic E-state index is 6.01. The predicted molar refractivity (Wildman–Crippen MR) is 93.3 cm³/mol. The topological polar surface area (TPSA) is 62.8 Å². The Hall–Kier alpha value is -2.27. The fourth-order valence-electron chi connectivity index (χ4n) is 2.41. The molecule has 0 saturated carbocycles. The smallest absolute Gasteiger partial charge is 0.320 e. The fraction of sp³-hybridized carbons (Fsp3) is 0.294. The minimum atomic E-state index is 0.00698. The summed E-state index contributed by atoms with van der Waals surface area (Å²) in [6.07, 6.45) is 2.94. The van der Waals surface area contributed by atoms with Gasteiger partial charge in [0.05, 0.1) is 6.10 Å². The van der Waals surface area contributed by atoms with E-state index in [1.165, 1.54) is 10.9 Å². The molecule has 2 N–H and O–H groups in total. The van der Waals surface area contributed by atoms with Gasteiger partial charge in [-0.25, -0.2) is 0 Å². The van der Waals surface area contributed by atoms with E-state index in [4.69, 9.17) is 16.3 Å². The van der Waals surface area contributed by atoms with E-state index in [1.807, 2.05) is 32.2 Å². The summed E-state index contributed by atoms with van der Waals surface area (Å²) in [4.78, 5) is 11.7. The first-order valence-electron chi connectivity index (χ1n) is 7.62. The maximum Gasteiger partial charge on any atom is 0.320 e. The van der Waals surface area contributed by atoms with Crippen LogP contribution in [-0.4, -0.2) is 27.6 Å². The second-order valence-electron chi connectivity index (χ2n) is 5.56. The lowest BCUT2D eigenvalue weighted by Crippen LogP contribution is -2.11. The second kappa shape index (κ2) is 6.87. The van der Waals surface area contributed by atoms with Crippen molar-refractivity contribution in [3.63, 3.8) is 0 Å². The maximum atomic E-state index is 6.01. The van der Waals surface area contributed by atoms with Gasteiger partial charge in [0, 0.05) is 29.7 Å². The van der Waals surface area contributed by atoms with Gasteiger partial charge in [-0.05, 0) is 31.9 Å². The molecule has 0 saturated heterocycles. The Labute approximate surface area is 140 Å². The van der Waals surface area contributed by atoms with E-state index in [0.29, 0.717) is 17.0 Å². The summed E-state index contributed by atoms with van der Waals surface area (Å²) in [5.74, 6) is 0.667. The summed E-state index contributed by atoms with van der Waals surface area (Å²) in [5, 5.41) is 4.89. The standard InChI is InChI=1S/C17H19ClN4O/c1-11(2)23-17-21-15(18)9-16(22-17)19-8-7-12-10-20-14-6-4-3-5-13(12)14/h3-6,9-11,20H,7-8H2,1-2H3,(H,19,21,22). The monoisotopic (exact) mass is 330 g/mol. The van der Waals surface area contributed by atoms with Gasteiger partial charge in [-0.2, -0.15) is 9.97 Å². The zero-order chi connectivity index (χ0) is 16.2. The molecule has 0 atom stereocenters. The van der Waals surface area contributed by atoms with Crippen LogP contribution in [0.5, 0.6) is 6.01 Å². The van der Waals surface area contributed by atoms with Crippen LogP contribution in [0.2, 0.25) is 5.15 Å². The Kier molecular flexibility index (Phi) is 4.67. The molecule has 120 valence electrons. The Morgan fingerprint density at radius 1 is 1.26 bits per heavy atom. The van der Waals surface area contributed by atoms with Crippen LogP contribution < -0.4 is 10.1 Å². The van der Waals surface area contributed by atoms with E-state index in [2.05, 4.69) is 32.4 Å². The first-order chi connectivity index (χ1) is 11.1. The van der Waals surface area contributed by atoms with Crippen LogP contribution >= 0.6 is 11.6 Å². The Bertz CT molecular complexity index is 800. The molecular weight excluding hydrogens is 312 g/mol. The zero-order valence-electron chi connectivity index (χ0n) is 13.1. The summed E-state index contributed by atoms with van der Waals surface area (Å²) in [6.45, 7) is 4.60. The van der Waals surface area contributed by atoms with E-state index in [9.17, 15) is 0 Å². The molecule has 0 fully saturated rings. The third kappa shape index (κ3) is 3.93. The van der Waals surface area contributed by atoms with Crippen molar-refractivity contribution in [2.24, 2.45) is 0 Å². The summed E-state index contributed by atoms with van der Waals surface area (Å²) in [7, 11) is 0. The molecule has 23 heavy (non-hydrogen) atoms. The van der Waals surface area contributed by atoms with Crippen molar-refractivity contribution in [3.05, 3.63) is 47.2 Å². The molecule has 0 unspecified atom stereocenters. The number of hydrogen-bond acceptors (Lipinski definition) is 4. The predicted octanol–water partition coefficient (Wildman–Crippen LogP) is 4.05. The summed E-state index contributed by atoms with van der Waals surface area (Å²) < 4.78 is 5.49. The Balaban J connectivity index is 1.65. The molecule has 3 aromatic rings. The van der Waals surface area contributed by atoms with Gasteiger partial charge in [0.2, 0.25) is 0 Å². The molecule has 5 nitrogen and oxygen atoms in total. The number of nitrogens with zero attached hydrogens (tertiary/aromatic N) is 2. The number of benzene rings is 1. The lowest BCUT2D eigenvalue weighted by atomic mass is 10.1. The highest BCUT2D eigenvalue weighted by Crippen LogP contribution is 2.19. The number of halogens is 1. The zero-order valence-corrected chi connectivity index (χ0v) is 13.9. The van der Waals surface area contributed by atoms with Crippen molar-refractivity contribution in [1.29, 1.82) is 0 Å². The van der Waals surface area contributed by atoms with Gasteiger partial charge >= 0.3 is 6.01 Å². The number of anilines is 1. The van der Waals surface area contributed by atoms with Gasteiger partial charge in [-0.1, -0.05) is 29.8 Å². The fourth-order valence-corrected chi connectivity index (χ4v) is 2.59. The lowest BCUT2D eigenvalue weighted by Gasteiger charge is -2.10. The van der Waals surface area contributed by atoms with Crippen LogP contribution in [-0.2, 0) is 6.42 Å². The number of para-hydroxylation sites is 1. The van der Waals surface area contributed by atoms with E-state index in [-0.39, 0.29) is 6.10 Å². The summed E-state index contributed by atoms with van der Waals surface area (Å²) >= 11 is 6.01. The molecule has 1 aromatic carbocycles. The normalized spacial score (nSPS) is 11.1. The van der Waals surface area contributed by atoms with Crippen LogP contribution in [0.3, 0.4) is 0 Å². The third-order valence-electron chi connectivity index (χ3n) is 3.39. The molecule has 0 radical (unpaired) electrons. The van der Waals surface area contributed by atoms with Crippen molar-refractivity contribution in [3.8, 4) is 6.01 Å². The van der Waals surface area contributed by atoms with Crippen LogP contribution in [0.15, 0.2) is 36.5 Å². The molecular formula is C17H19ClN4O. The Morgan fingerprint density at radius 2 is 2.09 bits per heavy atom. The van der Waals surface area contributed by atoms with Crippen LogP contribution in [0, 0.1) is 0 Å². The number of ether oxygens (including phenoxy) is 1. The third-order valence-corrected chi connectivity index (χ3v) is 3.58. The van der Waals surface area contributed by atoms with Crippen molar-refractivity contribution in [1.82, 2.24) is 15.0 Å². The van der Waals surface area contributed by atoms with Crippen molar-refractivity contribution in [2.75, 3.05) is 11.9 Å². The molecule has 0 aliphatic heterocycles. The Morgan fingerprint density at radius 3 is 2.91 bits per heavy atom. The minimum Gasteiger partial charge on any atom is -0.461 e. The number of aromatic amines is 1. The van der Waals surface area contributed by atoms with E-state index in [0.717, 1.165) is 18.5 Å². The SMILES string of the molecule is CC(C)Oc1nc(Cl)cc(NCCc2c[nH]c3ccccc23)n1. The van der Waals surface area contributed by atoms with Crippen LogP contribution in [0.1, 0.15) is 19.4 Å². The van der Waals surface area contributed by atoms with Gasteiger partial charge in [-0.3, -0.25) is 0 Å². The average Bonchev–Trinajstić information content (AvgIpc) is 2.89. The highest BCUT2D eigenvalue weighted by Gasteiger charge is 2.07. The number of H-pyrrole nitrogens is 1. The lowest BCUT2D eigenvalue weighted by molar-refractivity contribution is 0.222. The quantitative estimate of drug-likeness (QED) is 0.669. The minimum absolute atomic E-state index is 0.00698. The molecule has 0 bridgehead atoms. The van der Waals surface area contributed by atoms with Gasteiger partial charge in [0.25, 0.3) is 0 Å². The number of hydrogen-bond donors (Lipinski definition) is 2. The number of aromatic nitrogens is 3. The van der Waals surface area contributed by atoms with Crippen LogP contribution in [0.25, 0.3) is 10.9 Å². The molecule has 0 aliphatic carbocycles. The summed E-state index contributed by atoms with van der Waals surface area (Å²) in [5.41, 5.74) is 2.42. The summed E-state index contributed by atoms with van der Waals surface area (Å²) in [6, 6.07) is 10.3. The molecule has 0 aliphatic rings. The highest BCUT2D eigenvalue weighted by atomic mass is 35.5. The van der Waals surface area contributed by atoms with Gasteiger partial charge in [0.1, 0.15) is 11.0 Å². The molecule has 2 aromatic heterocycles. The van der Waals surface area contributed by atoms with E-state index in [1.54, 1.807) is 6.07 Å². The van der Waals surface area contributed by atoms with Crippen molar-refractivity contribution in [2.45, 2.75) is 26.4 Å². The molecule has 2 heterocycles. The van der Waals surface area contributed by atoms with Crippen molar-refractivity contribution < 1.29 is 4.74 Å². The number of fused-ring (bicyclic) bond motifs is 1. The first-order valence-corrected chi connectivity index (χ1v) is 8.00. The van der Waals surface area contributed by atoms with Gasteiger partial charge in [0.15, 0.2) is 0 Å².